The molecular weight excluding hydrogens is 390 g/mol. The van der Waals surface area contributed by atoms with Crippen molar-refractivity contribution < 1.29 is 4.79 Å². The fourth-order valence-electron chi connectivity index (χ4n) is 5.45. The summed E-state index contributed by atoms with van der Waals surface area (Å²) >= 11 is 0. The number of aryl methyl sites for hydroxylation is 1. The van der Waals surface area contributed by atoms with E-state index in [-0.39, 0.29) is 23.3 Å². The molecule has 0 saturated carbocycles. The van der Waals surface area contributed by atoms with Gasteiger partial charge in [-0.25, -0.2) is 9.97 Å². The van der Waals surface area contributed by atoms with Gasteiger partial charge in [0.15, 0.2) is 0 Å². The van der Waals surface area contributed by atoms with Crippen molar-refractivity contribution in [2.45, 2.75) is 51.0 Å². The molecule has 4 heterocycles. The van der Waals surface area contributed by atoms with Gasteiger partial charge in [-0.15, -0.1) is 0 Å². The predicted octanol–water partition coefficient (Wildman–Crippen LogP) is 2.73. The quantitative estimate of drug-likeness (QED) is 0.771. The molecule has 31 heavy (non-hydrogen) atoms. The lowest BCUT2D eigenvalue weighted by Crippen LogP contribution is -2.53. The van der Waals surface area contributed by atoms with Gasteiger partial charge in [0.2, 0.25) is 5.91 Å². The third-order valence-electron chi connectivity index (χ3n) is 6.88. The normalized spacial score (nSPS) is 24.9. The number of nitrogens with zero attached hydrogens (tertiary/aromatic N) is 4. The number of carbonyl (C=O) groups is 1. The van der Waals surface area contributed by atoms with E-state index in [1.165, 1.54) is 18.4 Å². The second kappa shape index (κ2) is 8.29. The van der Waals surface area contributed by atoms with Crippen LogP contribution in [0.1, 0.15) is 55.6 Å². The summed E-state index contributed by atoms with van der Waals surface area (Å²) in [6, 6.07) is 6.82. The first-order valence-corrected chi connectivity index (χ1v) is 11.3. The van der Waals surface area contributed by atoms with E-state index in [2.05, 4.69) is 26.3 Å². The van der Waals surface area contributed by atoms with Crippen LogP contribution in [-0.2, 0) is 4.79 Å². The molecule has 5 rings (SSSR count). The van der Waals surface area contributed by atoms with Gasteiger partial charge in [0.05, 0.1) is 0 Å². The smallest absolute Gasteiger partial charge is 0.251 e. The van der Waals surface area contributed by atoms with Crippen molar-refractivity contribution in [1.29, 1.82) is 0 Å². The Labute approximate surface area is 182 Å². The third-order valence-corrected chi connectivity index (χ3v) is 6.88. The van der Waals surface area contributed by atoms with Crippen molar-refractivity contribution in [3.63, 3.8) is 0 Å². The Bertz CT molecular complexity index is 1080. The van der Waals surface area contributed by atoms with Crippen LogP contribution in [0.25, 0.3) is 0 Å². The van der Waals surface area contributed by atoms with Crippen molar-refractivity contribution in [2.75, 3.05) is 24.5 Å². The van der Waals surface area contributed by atoms with E-state index in [9.17, 15) is 9.59 Å². The van der Waals surface area contributed by atoms with Crippen LogP contribution in [-0.4, -0.2) is 40.1 Å². The zero-order valence-electron chi connectivity index (χ0n) is 18.0. The van der Waals surface area contributed by atoms with E-state index >= 15 is 0 Å². The van der Waals surface area contributed by atoms with E-state index < -0.39 is 6.04 Å². The molecule has 1 saturated heterocycles. The van der Waals surface area contributed by atoms with Crippen molar-refractivity contribution >= 4 is 11.7 Å². The number of anilines is 1. The molecule has 3 aliphatic rings. The molecule has 0 radical (unpaired) electrons. The fourth-order valence-corrected chi connectivity index (χ4v) is 5.45. The van der Waals surface area contributed by atoms with Crippen LogP contribution in [0.2, 0.25) is 0 Å². The molecule has 2 bridgehead atoms. The molecule has 0 spiro atoms. The maximum atomic E-state index is 13.4. The van der Waals surface area contributed by atoms with Crippen LogP contribution in [0.3, 0.4) is 0 Å². The Balaban J connectivity index is 1.45. The second-order valence-corrected chi connectivity index (χ2v) is 8.99. The van der Waals surface area contributed by atoms with Crippen molar-refractivity contribution in [3.8, 4) is 0 Å². The molecule has 1 amide bonds. The van der Waals surface area contributed by atoms with Gasteiger partial charge in [-0.05, 0) is 51.2 Å². The highest BCUT2D eigenvalue weighted by Crippen LogP contribution is 2.42. The van der Waals surface area contributed by atoms with Gasteiger partial charge < -0.3 is 10.2 Å². The lowest BCUT2D eigenvalue weighted by Gasteiger charge is -2.46. The highest BCUT2D eigenvalue weighted by Gasteiger charge is 2.44. The SMILES string of the molecule is Cc1nccc(N2C[C@H]3C[C@@H](C2)[C@H](C(=O)NCC2=CCCCC2)n2c3cccc2=O)n1. The summed E-state index contributed by atoms with van der Waals surface area (Å²) in [5, 5.41) is 3.15. The van der Waals surface area contributed by atoms with Crippen LogP contribution in [0.15, 0.2) is 46.9 Å². The number of hydrogen-bond donors (Lipinski definition) is 1. The summed E-state index contributed by atoms with van der Waals surface area (Å²) in [4.78, 5) is 37.3. The summed E-state index contributed by atoms with van der Waals surface area (Å²) in [5.41, 5.74) is 2.17. The minimum Gasteiger partial charge on any atom is -0.355 e. The fraction of sp³-hybridized carbons (Fsp3) is 0.500. The van der Waals surface area contributed by atoms with Crippen LogP contribution < -0.4 is 15.8 Å². The molecular formula is C24H29N5O2. The Kier molecular flexibility index (Phi) is 5.34. The van der Waals surface area contributed by atoms with Crippen LogP contribution in [0.4, 0.5) is 5.82 Å². The average molecular weight is 420 g/mol. The molecule has 2 aromatic rings. The minimum absolute atomic E-state index is 0.0507. The molecule has 162 valence electrons. The maximum Gasteiger partial charge on any atom is 0.251 e. The van der Waals surface area contributed by atoms with Crippen LogP contribution in [0, 0.1) is 12.8 Å². The monoisotopic (exact) mass is 419 g/mol. The molecule has 1 N–H and O–H groups in total. The number of nitrogens with one attached hydrogen (secondary N) is 1. The first-order valence-electron chi connectivity index (χ1n) is 11.3. The van der Waals surface area contributed by atoms with Gasteiger partial charge in [-0.2, -0.15) is 0 Å². The predicted molar refractivity (Wildman–Crippen MR) is 119 cm³/mol. The van der Waals surface area contributed by atoms with Gasteiger partial charge in [0, 0.05) is 49.4 Å². The van der Waals surface area contributed by atoms with Gasteiger partial charge in [-0.1, -0.05) is 17.7 Å². The number of pyridine rings is 1. The number of amides is 1. The topological polar surface area (TPSA) is 80.1 Å². The summed E-state index contributed by atoms with van der Waals surface area (Å²) in [6.07, 6.45) is 9.49. The Morgan fingerprint density at radius 3 is 2.94 bits per heavy atom. The lowest BCUT2D eigenvalue weighted by atomic mass is 9.78. The highest BCUT2D eigenvalue weighted by atomic mass is 16.2. The van der Waals surface area contributed by atoms with Gasteiger partial charge >= 0.3 is 0 Å². The Hall–Kier alpha value is -2.96. The van der Waals surface area contributed by atoms with E-state index in [0.717, 1.165) is 43.1 Å². The number of rotatable bonds is 4. The van der Waals surface area contributed by atoms with Crippen molar-refractivity contribution in [2.24, 2.45) is 5.92 Å². The van der Waals surface area contributed by atoms with E-state index in [1.807, 2.05) is 25.1 Å². The second-order valence-electron chi connectivity index (χ2n) is 8.99. The lowest BCUT2D eigenvalue weighted by molar-refractivity contribution is -0.126. The summed E-state index contributed by atoms with van der Waals surface area (Å²) in [7, 11) is 0. The number of fused-ring (bicyclic) bond motifs is 4. The molecule has 1 fully saturated rings. The number of carbonyl (C=O) groups excluding carboxylic acids is 1. The molecule has 0 aromatic carbocycles. The highest BCUT2D eigenvalue weighted by molar-refractivity contribution is 5.81. The molecule has 7 nitrogen and oxygen atoms in total. The molecule has 2 aromatic heterocycles. The zero-order chi connectivity index (χ0) is 21.4. The molecule has 1 aliphatic carbocycles. The zero-order valence-corrected chi connectivity index (χ0v) is 18.0. The van der Waals surface area contributed by atoms with E-state index in [0.29, 0.717) is 13.1 Å². The Morgan fingerprint density at radius 1 is 1.23 bits per heavy atom. The van der Waals surface area contributed by atoms with Crippen molar-refractivity contribution in [3.05, 3.63) is 64.0 Å². The molecule has 3 atom stereocenters. The Morgan fingerprint density at radius 2 is 2.13 bits per heavy atom. The number of allylic oxidation sites excluding steroid dienone is 1. The van der Waals surface area contributed by atoms with E-state index in [4.69, 9.17) is 0 Å². The number of piperidine rings is 1. The molecule has 2 aliphatic heterocycles. The van der Waals surface area contributed by atoms with Gasteiger partial charge in [0.1, 0.15) is 17.7 Å². The van der Waals surface area contributed by atoms with Crippen LogP contribution in [0.5, 0.6) is 0 Å². The maximum absolute atomic E-state index is 13.4. The summed E-state index contributed by atoms with van der Waals surface area (Å²) in [6.45, 7) is 3.96. The first-order chi connectivity index (χ1) is 15.1. The third kappa shape index (κ3) is 3.89. The van der Waals surface area contributed by atoms with Crippen molar-refractivity contribution in [1.82, 2.24) is 19.9 Å². The molecule has 0 unspecified atom stereocenters. The largest absolute Gasteiger partial charge is 0.355 e. The summed E-state index contributed by atoms with van der Waals surface area (Å²) in [5.74, 6) is 1.83. The summed E-state index contributed by atoms with van der Waals surface area (Å²) < 4.78 is 1.76. The first kappa shape index (κ1) is 20.0. The van der Waals surface area contributed by atoms with E-state index in [1.54, 1.807) is 16.8 Å². The standard InChI is InChI=1S/C24H29N5O2/c1-16-25-11-10-21(27-16)28-14-18-12-19(15-28)23(29-20(18)8-5-9-22(29)30)24(31)26-13-17-6-3-2-4-7-17/h5-6,8-11,18-19,23H,2-4,7,12-15H2,1H3,(H,26,31)/t18-,19+,23-/m1/s1. The van der Waals surface area contributed by atoms with Crippen LogP contribution >= 0.6 is 0 Å². The number of aromatic nitrogens is 3. The number of hydrogen-bond acceptors (Lipinski definition) is 5. The van der Waals surface area contributed by atoms with Gasteiger partial charge in [0.25, 0.3) is 5.56 Å². The molecule has 7 heteroatoms. The minimum atomic E-state index is -0.491. The average Bonchev–Trinajstić information content (AvgIpc) is 2.79. The van der Waals surface area contributed by atoms with Gasteiger partial charge in [-0.3, -0.25) is 14.2 Å².